The van der Waals surface area contributed by atoms with Gasteiger partial charge in [-0.3, -0.25) is 4.99 Å². The van der Waals surface area contributed by atoms with E-state index in [2.05, 4.69) is 29.1 Å². The zero-order valence-electron chi connectivity index (χ0n) is 15.2. The molecule has 0 aromatic rings. The molecule has 5 aliphatic rings. The van der Waals surface area contributed by atoms with Crippen LogP contribution in [0.4, 0.5) is 0 Å². The van der Waals surface area contributed by atoms with E-state index in [1.807, 2.05) is 7.05 Å². The van der Waals surface area contributed by atoms with Crippen molar-refractivity contribution in [2.24, 2.45) is 28.2 Å². The molecule has 2 bridgehead atoms. The number of ether oxygens (including phenoxy) is 2. The molecule has 1 N–H and O–H groups in total. The molecule has 5 heteroatoms. The van der Waals surface area contributed by atoms with Crippen molar-refractivity contribution in [3.8, 4) is 0 Å². The maximum Gasteiger partial charge on any atom is 0.193 e. The molecule has 5 rings (SSSR count). The third-order valence-electron chi connectivity index (χ3n) is 7.58. The lowest BCUT2D eigenvalue weighted by molar-refractivity contribution is -0.188. The summed E-state index contributed by atoms with van der Waals surface area (Å²) in [7, 11) is 1.93. The van der Waals surface area contributed by atoms with Crippen molar-refractivity contribution in [3.63, 3.8) is 0 Å². The highest BCUT2D eigenvalue weighted by molar-refractivity contribution is 5.81. The fourth-order valence-corrected chi connectivity index (χ4v) is 6.38. The minimum atomic E-state index is 0.193. The number of fused-ring (bicyclic) bond motifs is 6. The van der Waals surface area contributed by atoms with Gasteiger partial charge in [-0.05, 0) is 25.7 Å². The first-order valence-corrected chi connectivity index (χ1v) is 9.85. The summed E-state index contributed by atoms with van der Waals surface area (Å²) in [6, 6.07) is 0.481. The van der Waals surface area contributed by atoms with Gasteiger partial charge in [0.15, 0.2) is 5.96 Å². The van der Waals surface area contributed by atoms with Crippen LogP contribution in [0.15, 0.2) is 4.99 Å². The Morgan fingerprint density at radius 3 is 2.46 bits per heavy atom. The molecule has 0 aromatic carbocycles. The minimum absolute atomic E-state index is 0.193. The Kier molecular flexibility index (Phi) is 3.44. The molecule has 1 aliphatic carbocycles. The van der Waals surface area contributed by atoms with Crippen LogP contribution in [0.3, 0.4) is 0 Å². The first-order chi connectivity index (χ1) is 11.6. The van der Waals surface area contributed by atoms with Gasteiger partial charge in [0.05, 0.1) is 18.3 Å². The van der Waals surface area contributed by atoms with E-state index in [-0.39, 0.29) is 5.41 Å². The lowest BCUT2D eigenvalue weighted by Crippen LogP contribution is -2.71. The average molecular weight is 333 g/mol. The van der Waals surface area contributed by atoms with E-state index in [4.69, 9.17) is 9.47 Å². The molecule has 4 aliphatic heterocycles. The largest absolute Gasteiger partial charge is 0.377 e. The Labute approximate surface area is 145 Å². The molecule has 5 nitrogen and oxygen atoms in total. The van der Waals surface area contributed by atoms with Crippen molar-refractivity contribution in [1.29, 1.82) is 0 Å². The Morgan fingerprint density at radius 1 is 1.08 bits per heavy atom. The molecule has 4 saturated heterocycles. The molecule has 0 spiro atoms. The highest BCUT2D eigenvalue weighted by atomic mass is 16.5. The maximum atomic E-state index is 6.11. The second kappa shape index (κ2) is 5.34. The van der Waals surface area contributed by atoms with Gasteiger partial charge in [0.1, 0.15) is 0 Å². The number of aliphatic imine (C=N–C) groups is 1. The summed E-state index contributed by atoms with van der Waals surface area (Å²) < 4.78 is 12.2. The molecule has 0 radical (unpaired) electrons. The van der Waals surface area contributed by atoms with Crippen LogP contribution in [-0.4, -0.2) is 62.0 Å². The Bertz CT molecular complexity index is 531. The van der Waals surface area contributed by atoms with E-state index >= 15 is 0 Å². The summed E-state index contributed by atoms with van der Waals surface area (Å²) in [6.45, 7) is 7.85. The van der Waals surface area contributed by atoms with Crippen LogP contribution in [0.2, 0.25) is 0 Å². The predicted octanol–water partition coefficient (Wildman–Crippen LogP) is 1.87. The van der Waals surface area contributed by atoms with E-state index in [0.717, 1.165) is 37.5 Å². The number of hydrogen-bond donors (Lipinski definition) is 1. The normalized spacial score (nSPS) is 48.9. The first-order valence-electron chi connectivity index (χ1n) is 9.85. The zero-order valence-corrected chi connectivity index (χ0v) is 15.2. The van der Waals surface area contributed by atoms with Gasteiger partial charge < -0.3 is 19.7 Å². The Balaban J connectivity index is 1.28. The van der Waals surface area contributed by atoms with Crippen molar-refractivity contribution in [2.75, 3.05) is 26.7 Å². The van der Waals surface area contributed by atoms with Crippen LogP contribution in [0.5, 0.6) is 0 Å². The van der Waals surface area contributed by atoms with Crippen LogP contribution in [0, 0.1) is 23.2 Å². The van der Waals surface area contributed by atoms with E-state index < -0.39 is 0 Å². The van der Waals surface area contributed by atoms with Crippen molar-refractivity contribution in [1.82, 2.24) is 10.2 Å². The molecular weight excluding hydrogens is 302 g/mol. The maximum absolute atomic E-state index is 6.11. The van der Waals surface area contributed by atoms with Gasteiger partial charge in [-0.15, -0.1) is 0 Å². The van der Waals surface area contributed by atoms with Crippen molar-refractivity contribution < 1.29 is 9.47 Å². The molecular formula is C19H31N3O2. The van der Waals surface area contributed by atoms with Gasteiger partial charge in [0, 0.05) is 56.0 Å². The fourth-order valence-electron chi connectivity index (χ4n) is 6.38. The summed E-state index contributed by atoms with van der Waals surface area (Å²) in [5.41, 5.74) is 0.193. The van der Waals surface area contributed by atoms with Gasteiger partial charge in [0.2, 0.25) is 0 Å². The monoisotopic (exact) mass is 333 g/mol. The molecule has 7 atom stereocenters. The van der Waals surface area contributed by atoms with E-state index in [1.54, 1.807) is 0 Å². The van der Waals surface area contributed by atoms with Gasteiger partial charge >= 0.3 is 0 Å². The van der Waals surface area contributed by atoms with Crippen LogP contribution in [-0.2, 0) is 9.47 Å². The molecule has 24 heavy (non-hydrogen) atoms. The smallest absolute Gasteiger partial charge is 0.193 e. The number of hydrogen-bond acceptors (Lipinski definition) is 3. The van der Waals surface area contributed by atoms with E-state index in [1.165, 1.54) is 25.7 Å². The van der Waals surface area contributed by atoms with Crippen molar-refractivity contribution in [3.05, 3.63) is 0 Å². The van der Waals surface area contributed by atoms with E-state index in [0.29, 0.717) is 30.3 Å². The van der Waals surface area contributed by atoms with Crippen molar-refractivity contribution in [2.45, 2.75) is 63.9 Å². The Morgan fingerprint density at radius 2 is 1.79 bits per heavy atom. The topological polar surface area (TPSA) is 46.1 Å². The highest BCUT2D eigenvalue weighted by Gasteiger charge is 2.59. The highest BCUT2D eigenvalue weighted by Crippen LogP contribution is 2.52. The second-order valence-electron chi connectivity index (χ2n) is 9.11. The lowest BCUT2D eigenvalue weighted by Gasteiger charge is -2.60. The molecule has 5 fully saturated rings. The number of likely N-dealkylation sites (tertiary alicyclic amines) is 1. The standard InChI is InChI=1S/C19H31N3O2/c1-19(2)16(11-5-4-8-23-17(11)19)21-18(20-3)22-9-12-13(10-22)15-7-6-14(12)24-15/h11-17H,4-10H2,1-3H3,(H,20,21). The average Bonchev–Trinajstić information content (AvgIpc) is 3.28. The lowest BCUT2D eigenvalue weighted by atomic mass is 9.55. The fraction of sp³-hybridized carbons (Fsp3) is 0.947. The van der Waals surface area contributed by atoms with E-state index in [9.17, 15) is 0 Å². The number of nitrogens with zero attached hydrogens (tertiary/aromatic N) is 2. The van der Waals surface area contributed by atoms with Crippen molar-refractivity contribution >= 4 is 5.96 Å². The van der Waals surface area contributed by atoms with Gasteiger partial charge in [0.25, 0.3) is 0 Å². The molecule has 7 unspecified atom stereocenters. The summed E-state index contributed by atoms with van der Waals surface area (Å²) in [5, 5.41) is 3.83. The van der Waals surface area contributed by atoms with Gasteiger partial charge in [-0.2, -0.15) is 0 Å². The van der Waals surface area contributed by atoms with Crippen LogP contribution >= 0.6 is 0 Å². The molecule has 4 heterocycles. The van der Waals surface area contributed by atoms with Crippen LogP contribution < -0.4 is 5.32 Å². The second-order valence-corrected chi connectivity index (χ2v) is 9.11. The van der Waals surface area contributed by atoms with Crippen LogP contribution in [0.25, 0.3) is 0 Å². The molecule has 1 saturated carbocycles. The summed E-state index contributed by atoms with van der Waals surface area (Å²) >= 11 is 0. The van der Waals surface area contributed by atoms with Gasteiger partial charge in [-0.25, -0.2) is 0 Å². The zero-order chi connectivity index (χ0) is 16.5. The number of nitrogens with one attached hydrogen (secondary N) is 1. The Hall–Kier alpha value is -0.810. The predicted molar refractivity (Wildman–Crippen MR) is 93.0 cm³/mol. The number of guanidine groups is 1. The molecule has 134 valence electrons. The molecule has 0 amide bonds. The SMILES string of the molecule is CN=C(NC1C2CCCOC2C1(C)C)N1CC2C3CCC(O3)C2C1. The summed E-state index contributed by atoms with van der Waals surface area (Å²) in [5.74, 6) is 3.20. The number of rotatable bonds is 1. The third-order valence-corrected chi connectivity index (χ3v) is 7.58. The first kappa shape index (κ1) is 15.4. The minimum Gasteiger partial charge on any atom is -0.377 e. The third kappa shape index (κ3) is 2.03. The van der Waals surface area contributed by atoms with Crippen LogP contribution in [0.1, 0.15) is 39.5 Å². The molecule has 0 aromatic heterocycles. The summed E-state index contributed by atoms with van der Waals surface area (Å²) in [4.78, 5) is 7.14. The summed E-state index contributed by atoms with van der Waals surface area (Å²) in [6.07, 6.45) is 6.46. The van der Waals surface area contributed by atoms with Gasteiger partial charge in [-0.1, -0.05) is 13.8 Å². The quantitative estimate of drug-likeness (QED) is 0.588.